The Balaban J connectivity index is 0.893. The van der Waals surface area contributed by atoms with Crippen molar-refractivity contribution in [1.29, 1.82) is 0 Å². The van der Waals surface area contributed by atoms with E-state index in [0.29, 0.717) is 39.2 Å². The molecule has 6 rings (SSSR count). The molecule has 4 fully saturated rings. The molecule has 57 heavy (non-hydrogen) atoms. The molecule has 0 atom stereocenters. The first-order valence-corrected chi connectivity index (χ1v) is 23.0. The van der Waals surface area contributed by atoms with Gasteiger partial charge in [0, 0.05) is 0 Å². The normalized spacial score (nSPS) is 28.1. The van der Waals surface area contributed by atoms with E-state index in [-0.39, 0.29) is 22.1 Å². The summed E-state index contributed by atoms with van der Waals surface area (Å²) in [6.45, 7) is 4.55. The van der Waals surface area contributed by atoms with Crippen molar-refractivity contribution in [2.24, 2.45) is 47.3 Å². The Labute approximate surface area is 342 Å². The Kier molecular flexibility index (Phi) is 16.7. The quantitative estimate of drug-likeness (QED) is 0.0967. The molecule has 2 radical (unpaired) electrons. The standard InChI is InChI=1S/C48H66B2F4O3/c1-3-5-31-7-17-35(18-8-31)37-21-11-33(12-22-37)15-25-39-27-29-41(45(53)43(39)51)49-47(55)57-48(56)50-42-30-28-40(44(52)46(42)54)26-16-34-13-23-38(24-14-34)36-19-9-32(6-4-2)10-20-36/h27-38H,3-26H2,1-2H3. The number of carbonyl (C=O) groups excluding carboxylic acids is 2. The van der Waals surface area contributed by atoms with Crippen molar-refractivity contribution in [1.82, 2.24) is 0 Å². The van der Waals surface area contributed by atoms with Crippen LogP contribution in [0.3, 0.4) is 0 Å². The smallest absolute Gasteiger partial charge is 0.303 e. The summed E-state index contributed by atoms with van der Waals surface area (Å²) in [5.74, 6) is -0.680. The molecule has 0 aliphatic heterocycles. The van der Waals surface area contributed by atoms with E-state index in [4.69, 9.17) is 4.74 Å². The predicted molar refractivity (Wildman–Crippen MR) is 224 cm³/mol. The summed E-state index contributed by atoms with van der Waals surface area (Å²) in [7, 11) is 1.41. The zero-order valence-electron chi connectivity index (χ0n) is 34.8. The number of carbonyl (C=O) groups is 2. The summed E-state index contributed by atoms with van der Waals surface area (Å²) in [5.41, 5.74) is -0.148. The van der Waals surface area contributed by atoms with Gasteiger partial charge >= 0.3 is 14.6 Å². The van der Waals surface area contributed by atoms with E-state index in [1.807, 2.05) is 0 Å². The van der Waals surface area contributed by atoms with Gasteiger partial charge in [0.05, 0.1) is 0 Å². The van der Waals surface area contributed by atoms with E-state index < -0.39 is 35.0 Å². The predicted octanol–water partition coefficient (Wildman–Crippen LogP) is 12.5. The average molecular weight is 789 g/mol. The highest BCUT2D eigenvalue weighted by Crippen LogP contribution is 2.44. The van der Waals surface area contributed by atoms with Crippen LogP contribution in [0.25, 0.3) is 0 Å². The first-order valence-electron chi connectivity index (χ1n) is 23.0. The molecule has 0 spiro atoms. The fourth-order valence-electron chi connectivity index (χ4n) is 11.6. The Morgan fingerprint density at radius 3 is 1.07 bits per heavy atom. The molecule has 0 saturated heterocycles. The van der Waals surface area contributed by atoms with Crippen molar-refractivity contribution in [3.63, 3.8) is 0 Å². The van der Waals surface area contributed by atoms with Gasteiger partial charge in [-0.05, 0) is 146 Å². The van der Waals surface area contributed by atoms with Gasteiger partial charge in [-0.3, -0.25) is 9.59 Å². The van der Waals surface area contributed by atoms with E-state index in [0.717, 1.165) is 74.0 Å². The van der Waals surface area contributed by atoms with E-state index in [1.165, 1.54) is 127 Å². The number of benzene rings is 2. The zero-order chi connectivity index (χ0) is 40.3. The molecule has 4 aliphatic rings. The van der Waals surface area contributed by atoms with Crippen LogP contribution in [0.4, 0.5) is 27.2 Å². The van der Waals surface area contributed by atoms with Crippen LogP contribution < -0.4 is 10.9 Å². The number of hydrogen-bond acceptors (Lipinski definition) is 3. The Morgan fingerprint density at radius 2 is 0.772 bits per heavy atom. The van der Waals surface area contributed by atoms with Gasteiger partial charge < -0.3 is 4.74 Å². The lowest BCUT2D eigenvalue weighted by Crippen LogP contribution is -2.34. The van der Waals surface area contributed by atoms with E-state index in [2.05, 4.69) is 13.8 Å². The Morgan fingerprint density at radius 1 is 0.474 bits per heavy atom. The molecule has 0 unspecified atom stereocenters. The zero-order valence-corrected chi connectivity index (χ0v) is 34.8. The third kappa shape index (κ3) is 12.2. The lowest BCUT2D eigenvalue weighted by atomic mass is 9.67. The molecule has 9 heteroatoms. The highest BCUT2D eigenvalue weighted by atomic mass is 19.2. The number of rotatable bonds is 16. The van der Waals surface area contributed by atoms with Gasteiger partial charge in [-0.25, -0.2) is 17.6 Å². The molecule has 0 amide bonds. The van der Waals surface area contributed by atoms with Crippen molar-refractivity contribution in [2.45, 2.75) is 168 Å². The minimum atomic E-state index is -1.23. The molecule has 2 aromatic rings. The number of hydrogen-bond donors (Lipinski definition) is 0. The number of ether oxygens (including phenoxy) is 1. The summed E-state index contributed by atoms with van der Waals surface area (Å²) in [5, 5.41) is 0. The van der Waals surface area contributed by atoms with Crippen molar-refractivity contribution >= 4 is 37.2 Å². The Hall–Kier alpha value is -2.57. The maximum Gasteiger partial charge on any atom is 0.303 e. The molecular weight excluding hydrogens is 722 g/mol. The van der Waals surface area contributed by atoms with Crippen LogP contribution in [-0.2, 0) is 17.6 Å². The van der Waals surface area contributed by atoms with Gasteiger partial charge in [0.2, 0.25) is 0 Å². The maximum absolute atomic E-state index is 15.1. The van der Waals surface area contributed by atoms with Crippen molar-refractivity contribution in [3.8, 4) is 0 Å². The second kappa shape index (κ2) is 21.6. The molecule has 4 saturated carbocycles. The first-order chi connectivity index (χ1) is 27.6. The van der Waals surface area contributed by atoms with E-state index in [9.17, 15) is 9.59 Å². The van der Waals surface area contributed by atoms with Crippen LogP contribution in [0, 0.1) is 70.6 Å². The second-order valence-electron chi connectivity index (χ2n) is 18.7. The van der Waals surface area contributed by atoms with Crippen LogP contribution >= 0.6 is 0 Å². The van der Waals surface area contributed by atoms with Gasteiger partial charge in [-0.1, -0.05) is 115 Å². The van der Waals surface area contributed by atoms with Crippen LogP contribution in [0.1, 0.15) is 166 Å². The second-order valence-corrected chi connectivity index (χ2v) is 18.7. The molecule has 4 aliphatic carbocycles. The van der Waals surface area contributed by atoms with Crippen molar-refractivity contribution in [3.05, 3.63) is 58.7 Å². The molecule has 310 valence electrons. The summed E-state index contributed by atoms with van der Waals surface area (Å²) in [6.07, 6.45) is 28.1. The molecule has 0 aromatic heterocycles. The Bertz CT molecular complexity index is 1490. The molecule has 2 aromatic carbocycles. The number of aryl methyl sites for hydroxylation is 2. The topological polar surface area (TPSA) is 43.4 Å². The van der Waals surface area contributed by atoms with Gasteiger partial charge in [-0.15, -0.1) is 0 Å². The fourth-order valence-corrected chi connectivity index (χ4v) is 11.6. The average Bonchev–Trinajstić information content (AvgIpc) is 3.22. The first kappa shape index (κ1) is 44.0. The monoisotopic (exact) mass is 789 g/mol. The molecule has 0 N–H and O–H groups in total. The fraction of sp³-hybridized carbons (Fsp3) is 0.708. The minimum Gasteiger partial charge on any atom is -0.411 e. The third-order valence-electron chi connectivity index (χ3n) is 15.1. The van der Waals surface area contributed by atoms with Gasteiger partial charge in [0.25, 0.3) is 11.7 Å². The summed E-state index contributed by atoms with van der Waals surface area (Å²) in [6, 6.07) is 5.59. The van der Waals surface area contributed by atoms with Crippen molar-refractivity contribution in [2.75, 3.05) is 0 Å². The third-order valence-corrected chi connectivity index (χ3v) is 15.1. The highest BCUT2D eigenvalue weighted by Gasteiger charge is 2.33. The van der Waals surface area contributed by atoms with E-state index in [1.54, 1.807) is 0 Å². The lowest BCUT2D eigenvalue weighted by Gasteiger charge is -2.38. The number of halogens is 4. The molecular formula is C48H66B2F4O3. The summed E-state index contributed by atoms with van der Waals surface area (Å²) < 4.78 is 65.0. The molecule has 3 nitrogen and oxygen atoms in total. The summed E-state index contributed by atoms with van der Waals surface area (Å²) in [4.78, 5) is 25.0. The largest absolute Gasteiger partial charge is 0.411 e. The minimum absolute atomic E-state index is 0.266. The van der Waals surface area contributed by atoms with Gasteiger partial charge in [-0.2, -0.15) is 0 Å². The maximum atomic E-state index is 15.1. The van der Waals surface area contributed by atoms with Gasteiger partial charge in [0.1, 0.15) is 0 Å². The van der Waals surface area contributed by atoms with E-state index >= 15 is 17.6 Å². The lowest BCUT2D eigenvalue weighted by molar-refractivity contribution is 0.141. The van der Waals surface area contributed by atoms with Gasteiger partial charge in [0.15, 0.2) is 23.3 Å². The van der Waals surface area contributed by atoms with Crippen LogP contribution in [-0.4, -0.2) is 26.3 Å². The SMILES string of the molecule is CCCC1CCC(C2CCC(CCc3ccc([B]C(=O)OC(=O)[B]c4ccc(CCC5CCC(C6CCC(CCC)CC6)CC5)c(F)c4F)c(F)c3F)CC2)CC1. The van der Waals surface area contributed by atoms with Crippen LogP contribution in [0.2, 0.25) is 0 Å². The van der Waals surface area contributed by atoms with Crippen LogP contribution in [0.15, 0.2) is 24.3 Å². The van der Waals surface area contributed by atoms with Crippen LogP contribution in [0.5, 0.6) is 0 Å². The molecule has 0 bridgehead atoms. The summed E-state index contributed by atoms with van der Waals surface area (Å²) >= 11 is 0. The van der Waals surface area contributed by atoms with Crippen molar-refractivity contribution < 1.29 is 31.9 Å². The molecule has 0 heterocycles. The highest BCUT2D eigenvalue weighted by molar-refractivity contribution is 6.87.